The van der Waals surface area contributed by atoms with Crippen LogP contribution in [-0.4, -0.2) is 12.5 Å². The summed E-state index contributed by atoms with van der Waals surface area (Å²) in [5.41, 5.74) is 6.64. The van der Waals surface area contributed by atoms with E-state index >= 15 is 0 Å². The fourth-order valence-corrected chi connectivity index (χ4v) is 1.64. The van der Waals surface area contributed by atoms with Gasteiger partial charge in [-0.05, 0) is 30.7 Å². The molecule has 16 heavy (non-hydrogen) atoms. The Balaban J connectivity index is 2.91. The van der Waals surface area contributed by atoms with Crippen LogP contribution >= 0.6 is 0 Å². The van der Waals surface area contributed by atoms with Gasteiger partial charge in [0, 0.05) is 12.5 Å². The lowest BCUT2D eigenvalue weighted by Crippen LogP contribution is -2.26. The number of rotatable bonds is 5. The van der Waals surface area contributed by atoms with Crippen molar-refractivity contribution in [1.29, 1.82) is 0 Å². The highest BCUT2D eigenvalue weighted by molar-refractivity contribution is 5.74. The number of halogens is 1. The minimum absolute atomic E-state index is 0.137. The van der Waals surface area contributed by atoms with Gasteiger partial charge in [-0.15, -0.1) is 0 Å². The Bertz CT molecular complexity index is 379. The van der Waals surface area contributed by atoms with Crippen LogP contribution in [0.5, 0.6) is 0 Å². The average Bonchev–Trinajstić information content (AvgIpc) is 2.21. The summed E-state index contributed by atoms with van der Waals surface area (Å²) < 4.78 is 13.1. The van der Waals surface area contributed by atoms with E-state index in [1.807, 2.05) is 6.92 Å². The quantitative estimate of drug-likeness (QED) is 0.799. The van der Waals surface area contributed by atoms with Crippen molar-refractivity contribution in [3.63, 3.8) is 0 Å². The Morgan fingerprint density at radius 3 is 2.75 bits per heavy atom. The summed E-state index contributed by atoms with van der Waals surface area (Å²) in [4.78, 5) is 10.9. The number of carbonyl (C=O) groups is 1. The van der Waals surface area contributed by atoms with Gasteiger partial charge in [-0.1, -0.05) is 19.1 Å². The number of carbonyl (C=O) groups excluding carboxylic acids is 1. The first kappa shape index (κ1) is 12.6. The fourth-order valence-electron chi connectivity index (χ4n) is 1.64. The molecule has 0 aliphatic carbocycles. The molecule has 1 unspecified atom stereocenters. The molecule has 0 aliphatic rings. The molecular weight excluding hydrogens is 207 g/mol. The molecular formula is C12H17FN2O. The normalized spacial score (nSPS) is 12.4. The van der Waals surface area contributed by atoms with Crippen molar-refractivity contribution in [2.75, 3.05) is 6.54 Å². The van der Waals surface area contributed by atoms with E-state index in [0.717, 1.165) is 12.1 Å². The Morgan fingerprint density at radius 2 is 2.25 bits per heavy atom. The van der Waals surface area contributed by atoms with Crippen molar-refractivity contribution < 1.29 is 9.18 Å². The topological polar surface area (TPSA) is 55.1 Å². The predicted molar refractivity (Wildman–Crippen MR) is 61.4 cm³/mol. The van der Waals surface area contributed by atoms with Crippen molar-refractivity contribution in [3.05, 3.63) is 35.1 Å². The van der Waals surface area contributed by atoms with E-state index in [-0.39, 0.29) is 24.2 Å². The maximum atomic E-state index is 13.1. The zero-order chi connectivity index (χ0) is 12.1. The van der Waals surface area contributed by atoms with Gasteiger partial charge < -0.3 is 11.1 Å². The summed E-state index contributed by atoms with van der Waals surface area (Å²) in [5, 5.41) is 3.15. The highest BCUT2D eigenvalue weighted by atomic mass is 19.1. The molecule has 1 amide bonds. The number of primary amides is 1. The third-order valence-corrected chi connectivity index (χ3v) is 2.44. The number of nitrogens with one attached hydrogen (secondary N) is 1. The maximum Gasteiger partial charge on any atom is 0.219 e. The van der Waals surface area contributed by atoms with E-state index in [9.17, 15) is 9.18 Å². The van der Waals surface area contributed by atoms with E-state index in [4.69, 9.17) is 5.73 Å². The molecule has 0 bridgehead atoms. The average molecular weight is 224 g/mol. The van der Waals surface area contributed by atoms with Crippen LogP contribution in [0.25, 0.3) is 0 Å². The molecule has 1 atom stereocenters. The van der Waals surface area contributed by atoms with Crippen LogP contribution < -0.4 is 11.1 Å². The first-order chi connectivity index (χ1) is 7.54. The highest BCUT2D eigenvalue weighted by Crippen LogP contribution is 2.19. The molecule has 1 aromatic rings. The Kier molecular flexibility index (Phi) is 4.43. The second-order valence-corrected chi connectivity index (χ2v) is 3.79. The molecule has 0 saturated carbocycles. The van der Waals surface area contributed by atoms with Crippen LogP contribution in [0, 0.1) is 12.7 Å². The number of hydrogen-bond acceptors (Lipinski definition) is 2. The second-order valence-electron chi connectivity index (χ2n) is 3.79. The monoisotopic (exact) mass is 224 g/mol. The minimum Gasteiger partial charge on any atom is -0.370 e. The molecule has 0 heterocycles. The van der Waals surface area contributed by atoms with E-state index in [1.54, 1.807) is 19.1 Å². The lowest BCUT2D eigenvalue weighted by Gasteiger charge is -2.17. The van der Waals surface area contributed by atoms with E-state index in [1.165, 1.54) is 6.07 Å². The molecule has 88 valence electrons. The number of benzene rings is 1. The van der Waals surface area contributed by atoms with Gasteiger partial charge in [-0.3, -0.25) is 4.79 Å². The number of amides is 1. The van der Waals surface area contributed by atoms with Crippen LogP contribution in [0.15, 0.2) is 18.2 Å². The van der Waals surface area contributed by atoms with Gasteiger partial charge in [-0.2, -0.15) is 0 Å². The number of nitrogens with two attached hydrogens (primary N) is 1. The fraction of sp³-hybridized carbons (Fsp3) is 0.417. The van der Waals surface area contributed by atoms with Crippen LogP contribution in [0.2, 0.25) is 0 Å². The molecule has 4 heteroatoms. The third kappa shape index (κ3) is 3.31. The van der Waals surface area contributed by atoms with Gasteiger partial charge in [0.05, 0.1) is 0 Å². The predicted octanol–water partition coefficient (Wildman–Crippen LogP) is 1.66. The molecule has 0 saturated heterocycles. The first-order valence-electron chi connectivity index (χ1n) is 5.32. The van der Waals surface area contributed by atoms with Gasteiger partial charge in [0.25, 0.3) is 0 Å². The van der Waals surface area contributed by atoms with E-state index in [0.29, 0.717) is 5.56 Å². The summed E-state index contributed by atoms with van der Waals surface area (Å²) in [6, 6.07) is 4.70. The van der Waals surface area contributed by atoms with Crippen molar-refractivity contribution in [2.45, 2.75) is 26.3 Å². The van der Waals surface area contributed by atoms with E-state index in [2.05, 4.69) is 5.32 Å². The van der Waals surface area contributed by atoms with Gasteiger partial charge in [0.1, 0.15) is 5.82 Å². The molecule has 0 aliphatic heterocycles. The first-order valence-corrected chi connectivity index (χ1v) is 5.32. The minimum atomic E-state index is -0.368. The van der Waals surface area contributed by atoms with Gasteiger partial charge in [-0.25, -0.2) is 4.39 Å². The Labute approximate surface area is 94.8 Å². The highest BCUT2D eigenvalue weighted by Gasteiger charge is 2.13. The van der Waals surface area contributed by atoms with Crippen molar-refractivity contribution in [2.24, 2.45) is 5.73 Å². The smallest absolute Gasteiger partial charge is 0.219 e. The van der Waals surface area contributed by atoms with Gasteiger partial charge in [0.15, 0.2) is 0 Å². The third-order valence-electron chi connectivity index (χ3n) is 2.44. The SMILES string of the molecule is CCNC(CC(N)=O)c1ccc(F)c(C)c1. The molecule has 1 rings (SSSR count). The van der Waals surface area contributed by atoms with Crippen LogP contribution in [0.1, 0.15) is 30.5 Å². The second kappa shape index (κ2) is 5.61. The summed E-state index contributed by atoms with van der Waals surface area (Å²) in [6.07, 6.45) is 0.221. The van der Waals surface area contributed by atoms with Crippen molar-refractivity contribution >= 4 is 5.91 Å². The van der Waals surface area contributed by atoms with Crippen LogP contribution in [0.3, 0.4) is 0 Å². The van der Waals surface area contributed by atoms with Gasteiger partial charge in [0.2, 0.25) is 5.91 Å². The number of aryl methyl sites for hydroxylation is 1. The molecule has 0 spiro atoms. The summed E-state index contributed by atoms with van der Waals surface area (Å²) in [7, 11) is 0. The zero-order valence-electron chi connectivity index (χ0n) is 9.59. The Hall–Kier alpha value is -1.42. The lowest BCUT2D eigenvalue weighted by molar-refractivity contribution is -0.118. The molecule has 1 aromatic carbocycles. The van der Waals surface area contributed by atoms with Crippen molar-refractivity contribution in [3.8, 4) is 0 Å². The molecule has 0 radical (unpaired) electrons. The summed E-state index contributed by atoms with van der Waals surface area (Å²) in [6.45, 7) is 4.38. The number of hydrogen-bond donors (Lipinski definition) is 2. The molecule has 0 aromatic heterocycles. The van der Waals surface area contributed by atoms with Crippen LogP contribution in [0.4, 0.5) is 4.39 Å². The molecule has 3 N–H and O–H groups in total. The molecule has 0 fully saturated rings. The van der Waals surface area contributed by atoms with Gasteiger partial charge >= 0.3 is 0 Å². The summed E-state index contributed by atoms with van der Waals surface area (Å²) in [5.74, 6) is -0.606. The lowest BCUT2D eigenvalue weighted by atomic mass is 10.0. The Morgan fingerprint density at radius 1 is 1.56 bits per heavy atom. The maximum absolute atomic E-state index is 13.1. The zero-order valence-corrected chi connectivity index (χ0v) is 9.59. The largest absolute Gasteiger partial charge is 0.370 e. The standard InChI is InChI=1S/C12H17FN2O/c1-3-15-11(7-12(14)16)9-4-5-10(13)8(2)6-9/h4-6,11,15H,3,7H2,1-2H3,(H2,14,16). The van der Waals surface area contributed by atoms with E-state index < -0.39 is 0 Å². The molecule has 3 nitrogen and oxygen atoms in total. The summed E-state index contributed by atoms with van der Waals surface area (Å²) >= 11 is 0. The van der Waals surface area contributed by atoms with Crippen molar-refractivity contribution in [1.82, 2.24) is 5.32 Å². The van der Waals surface area contributed by atoms with Crippen LogP contribution in [-0.2, 0) is 4.79 Å².